The van der Waals surface area contributed by atoms with Crippen LogP contribution in [0.15, 0.2) is 0 Å². The van der Waals surface area contributed by atoms with Gasteiger partial charge in [0.2, 0.25) is 0 Å². The van der Waals surface area contributed by atoms with Crippen LogP contribution in [-0.4, -0.2) is 36.0 Å². The van der Waals surface area contributed by atoms with Gasteiger partial charge < -0.3 is 0 Å². The van der Waals surface area contributed by atoms with Crippen molar-refractivity contribution in [2.45, 2.75) is 45.2 Å². The summed E-state index contributed by atoms with van der Waals surface area (Å²) in [4.78, 5) is 2.43. The first-order chi connectivity index (χ1) is 7.60. The lowest BCUT2D eigenvalue weighted by Crippen LogP contribution is -2.46. The fourth-order valence-corrected chi connectivity index (χ4v) is 3.35. The molecule has 0 aromatic rings. The summed E-state index contributed by atoms with van der Waals surface area (Å²) >= 11 is 1.89. The first kappa shape index (κ1) is 13.9. The summed E-state index contributed by atoms with van der Waals surface area (Å²) in [6.45, 7) is 4.58. The van der Waals surface area contributed by atoms with Gasteiger partial charge in [-0.15, -0.1) is 0 Å². The molecule has 0 aliphatic heterocycles. The zero-order valence-corrected chi connectivity index (χ0v) is 11.8. The summed E-state index contributed by atoms with van der Waals surface area (Å²) in [6, 6.07) is 3.54. The number of nitriles is 1. The van der Waals surface area contributed by atoms with Crippen molar-refractivity contribution in [1.29, 1.82) is 5.26 Å². The largest absolute Gasteiger partial charge is 0.299 e. The average Bonchev–Trinajstić information content (AvgIpc) is 2.28. The van der Waals surface area contributed by atoms with Crippen molar-refractivity contribution in [2.24, 2.45) is 11.8 Å². The van der Waals surface area contributed by atoms with E-state index in [1.165, 1.54) is 12.8 Å². The maximum absolute atomic E-state index is 9.23. The fourth-order valence-electron chi connectivity index (χ4n) is 2.64. The summed E-state index contributed by atoms with van der Waals surface area (Å²) in [7, 11) is 2.19. The SMILES string of the molecule is CSCC(C)N(C)C1CC(C)CCC1C#N. The topological polar surface area (TPSA) is 27.0 Å². The predicted octanol–water partition coefficient (Wildman–Crippen LogP) is 3.00. The quantitative estimate of drug-likeness (QED) is 0.756. The Kier molecular flexibility index (Phi) is 5.64. The molecule has 1 saturated carbocycles. The Bertz CT molecular complexity index is 249. The Morgan fingerprint density at radius 1 is 1.50 bits per heavy atom. The highest BCUT2D eigenvalue weighted by Crippen LogP contribution is 2.32. The number of thioether (sulfide) groups is 1. The molecule has 1 aliphatic rings. The second-order valence-electron chi connectivity index (χ2n) is 5.19. The number of nitrogens with zero attached hydrogens (tertiary/aromatic N) is 2. The Labute approximate surface area is 104 Å². The van der Waals surface area contributed by atoms with E-state index in [4.69, 9.17) is 0 Å². The molecule has 0 aromatic carbocycles. The van der Waals surface area contributed by atoms with Gasteiger partial charge in [-0.05, 0) is 45.4 Å². The highest BCUT2D eigenvalue weighted by Gasteiger charge is 2.32. The molecule has 0 radical (unpaired) electrons. The van der Waals surface area contributed by atoms with Crippen molar-refractivity contribution in [2.75, 3.05) is 19.1 Å². The molecule has 0 bridgehead atoms. The lowest BCUT2D eigenvalue weighted by Gasteiger charge is -2.40. The van der Waals surface area contributed by atoms with Crippen LogP contribution in [0.4, 0.5) is 0 Å². The van der Waals surface area contributed by atoms with Crippen molar-refractivity contribution < 1.29 is 0 Å². The lowest BCUT2D eigenvalue weighted by molar-refractivity contribution is 0.106. The second kappa shape index (κ2) is 6.51. The molecule has 2 nitrogen and oxygen atoms in total. The zero-order valence-electron chi connectivity index (χ0n) is 10.9. The van der Waals surface area contributed by atoms with E-state index in [0.717, 1.165) is 18.1 Å². The third-order valence-electron chi connectivity index (χ3n) is 3.87. The molecule has 1 rings (SSSR count). The third kappa shape index (κ3) is 3.40. The number of hydrogen-bond donors (Lipinski definition) is 0. The number of hydrogen-bond acceptors (Lipinski definition) is 3. The lowest BCUT2D eigenvalue weighted by atomic mass is 9.79. The highest BCUT2D eigenvalue weighted by atomic mass is 32.2. The molecule has 0 heterocycles. The van der Waals surface area contributed by atoms with Gasteiger partial charge >= 0.3 is 0 Å². The molecule has 0 spiro atoms. The monoisotopic (exact) mass is 240 g/mol. The molecule has 0 saturated heterocycles. The van der Waals surface area contributed by atoms with Crippen LogP contribution in [-0.2, 0) is 0 Å². The molecule has 1 fully saturated rings. The molecule has 0 amide bonds. The summed E-state index contributed by atoms with van der Waals surface area (Å²) in [5.41, 5.74) is 0. The maximum Gasteiger partial charge on any atom is 0.0672 e. The van der Waals surface area contributed by atoms with E-state index >= 15 is 0 Å². The van der Waals surface area contributed by atoms with Gasteiger partial charge in [-0.25, -0.2) is 0 Å². The molecular weight excluding hydrogens is 216 g/mol. The molecule has 3 heteroatoms. The van der Waals surface area contributed by atoms with Gasteiger partial charge in [0.25, 0.3) is 0 Å². The normalized spacial score (nSPS) is 32.4. The van der Waals surface area contributed by atoms with Gasteiger partial charge in [-0.1, -0.05) is 6.92 Å². The van der Waals surface area contributed by atoms with E-state index in [1.54, 1.807) is 0 Å². The minimum Gasteiger partial charge on any atom is -0.299 e. The van der Waals surface area contributed by atoms with Gasteiger partial charge in [-0.3, -0.25) is 4.90 Å². The van der Waals surface area contributed by atoms with Crippen molar-refractivity contribution >= 4 is 11.8 Å². The first-order valence-electron chi connectivity index (χ1n) is 6.20. The smallest absolute Gasteiger partial charge is 0.0672 e. The number of rotatable bonds is 4. The molecule has 92 valence electrons. The first-order valence-corrected chi connectivity index (χ1v) is 7.60. The fraction of sp³-hybridized carbons (Fsp3) is 0.923. The average molecular weight is 240 g/mol. The minimum atomic E-state index is 0.241. The van der Waals surface area contributed by atoms with E-state index in [2.05, 4.69) is 38.1 Å². The molecule has 16 heavy (non-hydrogen) atoms. The molecule has 0 N–H and O–H groups in total. The molecule has 4 unspecified atom stereocenters. The minimum absolute atomic E-state index is 0.241. The molecule has 1 aliphatic carbocycles. The van der Waals surface area contributed by atoms with Gasteiger partial charge in [0.1, 0.15) is 0 Å². The van der Waals surface area contributed by atoms with Crippen LogP contribution in [0.1, 0.15) is 33.1 Å². The summed E-state index contributed by atoms with van der Waals surface area (Å²) in [6.07, 6.45) is 5.64. The van der Waals surface area contributed by atoms with E-state index in [0.29, 0.717) is 12.1 Å². The van der Waals surface area contributed by atoms with Crippen LogP contribution in [0.2, 0.25) is 0 Å². The van der Waals surface area contributed by atoms with Gasteiger partial charge in [0, 0.05) is 17.8 Å². The van der Waals surface area contributed by atoms with Gasteiger partial charge in [0.15, 0.2) is 0 Å². The van der Waals surface area contributed by atoms with Crippen LogP contribution >= 0.6 is 11.8 Å². The van der Waals surface area contributed by atoms with Crippen LogP contribution in [0.3, 0.4) is 0 Å². The van der Waals surface area contributed by atoms with Crippen LogP contribution in [0, 0.1) is 23.2 Å². The summed E-state index contributed by atoms with van der Waals surface area (Å²) < 4.78 is 0. The van der Waals surface area contributed by atoms with E-state index in [1.807, 2.05) is 11.8 Å². The Balaban J connectivity index is 2.63. The molecule has 4 atom stereocenters. The molecule has 0 aromatic heterocycles. The van der Waals surface area contributed by atoms with E-state index in [-0.39, 0.29) is 5.92 Å². The second-order valence-corrected chi connectivity index (χ2v) is 6.10. The Hall–Kier alpha value is -0.200. The molecular formula is C13H24N2S. The third-order valence-corrected chi connectivity index (χ3v) is 4.69. The van der Waals surface area contributed by atoms with Crippen LogP contribution < -0.4 is 0 Å². The van der Waals surface area contributed by atoms with E-state index < -0.39 is 0 Å². The van der Waals surface area contributed by atoms with E-state index in [9.17, 15) is 5.26 Å². The van der Waals surface area contributed by atoms with Crippen molar-refractivity contribution in [3.8, 4) is 6.07 Å². The highest BCUT2D eigenvalue weighted by molar-refractivity contribution is 7.98. The van der Waals surface area contributed by atoms with Crippen molar-refractivity contribution in [3.05, 3.63) is 0 Å². The van der Waals surface area contributed by atoms with Gasteiger partial charge in [-0.2, -0.15) is 17.0 Å². The van der Waals surface area contributed by atoms with Crippen molar-refractivity contribution in [3.63, 3.8) is 0 Å². The van der Waals surface area contributed by atoms with Gasteiger partial charge in [0.05, 0.1) is 12.0 Å². The standard InChI is InChI=1S/C13H24N2S/c1-10-5-6-12(8-14)13(7-10)15(3)11(2)9-16-4/h10-13H,5-7,9H2,1-4H3. The summed E-state index contributed by atoms with van der Waals surface area (Å²) in [5.74, 6) is 2.17. The van der Waals surface area contributed by atoms with Crippen LogP contribution in [0.25, 0.3) is 0 Å². The summed E-state index contributed by atoms with van der Waals surface area (Å²) in [5, 5.41) is 9.23. The van der Waals surface area contributed by atoms with Crippen LogP contribution in [0.5, 0.6) is 0 Å². The van der Waals surface area contributed by atoms with Crippen molar-refractivity contribution in [1.82, 2.24) is 4.90 Å². The Morgan fingerprint density at radius 3 is 2.75 bits per heavy atom. The predicted molar refractivity (Wildman–Crippen MR) is 71.5 cm³/mol. The zero-order chi connectivity index (χ0) is 12.1. The maximum atomic E-state index is 9.23. The Morgan fingerprint density at radius 2 is 2.19 bits per heavy atom.